The molecule has 2 spiro atoms. The number of carbonyl (C=O) groups excluding carboxylic acids is 1. The Hall–Kier alpha value is -1.32. The van der Waals surface area contributed by atoms with E-state index in [0.717, 1.165) is 47.4 Å². The molecule has 6 nitrogen and oxygen atoms in total. The van der Waals surface area contributed by atoms with Gasteiger partial charge in [-0.1, -0.05) is 39.0 Å². The molecule has 0 radical (unpaired) electrons. The zero-order valence-electron chi connectivity index (χ0n) is 24.6. The van der Waals surface area contributed by atoms with Crippen LogP contribution in [0.1, 0.15) is 86.7 Å². The van der Waals surface area contributed by atoms with Crippen LogP contribution in [-0.4, -0.2) is 59.8 Å². The number of aliphatic hydroxyl groups excluding tert-OH is 1. The van der Waals surface area contributed by atoms with Crippen molar-refractivity contribution < 1.29 is 23.4 Å². The summed E-state index contributed by atoms with van der Waals surface area (Å²) >= 11 is 1.53. The molecule has 0 aromatic carbocycles. The zero-order chi connectivity index (χ0) is 28.9. The lowest BCUT2D eigenvalue weighted by Gasteiger charge is -2.71. The Morgan fingerprint density at radius 2 is 1.75 bits per heavy atom. The summed E-state index contributed by atoms with van der Waals surface area (Å²) in [7, 11) is -3.47. The molecule has 3 saturated carbocycles. The molecule has 0 aliphatic heterocycles. The van der Waals surface area contributed by atoms with E-state index in [1.807, 2.05) is 26.0 Å². The second kappa shape index (κ2) is 9.09. The highest BCUT2D eigenvalue weighted by Gasteiger charge is 2.74. The van der Waals surface area contributed by atoms with E-state index < -0.39 is 26.5 Å². The standard InChI is InChI=1S/C32H45NO5S2/c1-6-17-33(40(5,37)38)20-31(36)14-11-26-29(31,4)13-10-25-28(3)12-9-22(34)18-30(28)15-16-32(25,26)23(19-30)27(35)24-8-7-21(2)39-24/h7-8,15-16,19,22,25-26,34,36H,6,9-14,17-18,20H2,1-5H3. The van der Waals surface area contributed by atoms with Crippen LogP contribution in [0.3, 0.4) is 0 Å². The zero-order valence-corrected chi connectivity index (χ0v) is 26.2. The molecule has 1 aromatic rings. The van der Waals surface area contributed by atoms with Crippen molar-refractivity contribution in [2.45, 2.75) is 90.8 Å². The molecule has 7 rings (SSSR count). The highest BCUT2D eigenvalue weighted by molar-refractivity contribution is 7.88. The summed E-state index contributed by atoms with van der Waals surface area (Å²) in [5.41, 5.74) is -1.83. The number of ketones is 1. The van der Waals surface area contributed by atoms with E-state index in [1.54, 1.807) is 0 Å². The van der Waals surface area contributed by atoms with Crippen LogP contribution >= 0.6 is 11.3 Å². The van der Waals surface area contributed by atoms with Gasteiger partial charge in [0.1, 0.15) is 0 Å². The average Bonchev–Trinajstić information content (AvgIpc) is 3.43. The second-order valence-electron chi connectivity index (χ2n) is 14.1. The van der Waals surface area contributed by atoms with Gasteiger partial charge in [-0.25, -0.2) is 8.42 Å². The number of hydrogen-bond donors (Lipinski definition) is 2. The van der Waals surface area contributed by atoms with Crippen LogP contribution in [0.15, 0.2) is 35.9 Å². The number of rotatable bonds is 7. The molecule has 1 aromatic heterocycles. The third-order valence-corrected chi connectivity index (χ3v) is 14.5. The molecule has 1 heterocycles. The van der Waals surface area contributed by atoms with Crippen molar-refractivity contribution in [3.05, 3.63) is 45.7 Å². The summed E-state index contributed by atoms with van der Waals surface area (Å²) in [6, 6.07) is 3.94. The minimum atomic E-state index is -3.47. The highest BCUT2D eigenvalue weighted by atomic mass is 32.2. The quantitative estimate of drug-likeness (QED) is 0.324. The maximum atomic E-state index is 14.5. The number of allylic oxidation sites excluding steroid dienone is 4. The maximum Gasteiger partial charge on any atom is 0.211 e. The summed E-state index contributed by atoms with van der Waals surface area (Å²) in [6.07, 6.45) is 13.7. The van der Waals surface area contributed by atoms with E-state index in [0.29, 0.717) is 25.8 Å². The smallest absolute Gasteiger partial charge is 0.211 e. The number of nitrogens with zero attached hydrogens (tertiary/aromatic N) is 1. The van der Waals surface area contributed by atoms with Crippen LogP contribution in [0.5, 0.6) is 0 Å². The monoisotopic (exact) mass is 587 g/mol. The van der Waals surface area contributed by atoms with Crippen molar-refractivity contribution in [3.8, 4) is 0 Å². The van der Waals surface area contributed by atoms with Gasteiger partial charge in [0, 0.05) is 39.8 Å². The fraction of sp³-hybridized carbons (Fsp3) is 0.719. The minimum absolute atomic E-state index is 0.0151. The van der Waals surface area contributed by atoms with Crippen LogP contribution in [0.4, 0.5) is 0 Å². The molecular formula is C32H45NO5S2. The Bertz CT molecular complexity index is 1400. The van der Waals surface area contributed by atoms with Gasteiger partial charge in [0.15, 0.2) is 5.78 Å². The molecule has 40 heavy (non-hydrogen) atoms. The molecule has 0 saturated heterocycles. The van der Waals surface area contributed by atoms with Gasteiger partial charge in [0.2, 0.25) is 10.0 Å². The predicted molar refractivity (Wildman–Crippen MR) is 159 cm³/mol. The van der Waals surface area contributed by atoms with E-state index in [2.05, 4.69) is 32.1 Å². The van der Waals surface area contributed by atoms with Crippen LogP contribution in [-0.2, 0) is 10.0 Å². The lowest BCUT2D eigenvalue weighted by Crippen LogP contribution is -2.67. The van der Waals surface area contributed by atoms with E-state index >= 15 is 0 Å². The third-order valence-electron chi connectivity index (χ3n) is 12.3. The molecule has 0 amide bonds. The third kappa shape index (κ3) is 3.68. The summed E-state index contributed by atoms with van der Waals surface area (Å²) in [6.45, 7) is 9.02. The lowest BCUT2D eigenvalue weighted by atomic mass is 9.32. The molecule has 2 N–H and O–H groups in total. The van der Waals surface area contributed by atoms with Crippen LogP contribution in [0.25, 0.3) is 0 Å². The van der Waals surface area contributed by atoms with Crippen molar-refractivity contribution in [2.75, 3.05) is 19.3 Å². The van der Waals surface area contributed by atoms with Gasteiger partial charge < -0.3 is 10.2 Å². The molecule has 6 aliphatic rings. The summed E-state index contributed by atoms with van der Waals surface area (Å²) < 4.78 is 26.9. The van der Waals surface area contributed by atoms with Crippen LogP contribution in [0, 0.1) is 40.4 Å². The fourth-order valence-corrected chi connectivity index (χ4v) is 12.0. The molecular weight excluding hydrogens is 542 g/mol. The first-order chi connectivity index (χ1) is 18.7. The average molecular weight is 588 g/mol. The van der Waals surface area contributed by atoms with Crippen LogP contribution in [0.2, 0.25) is 0 Å². The maximum absolute atomic E-state index is 14.5. The van der Waals surface area contributed by atoms with E-state index in [1.165, 1.54) is 21.9 Å². The number of carbonyl (C=O) groups is 1. The molecule has 3 fully saturated rings. The highest BCUT2D eigenvalue weighted by Crippen LogP contribution is 2.78. The van der Waals surface area contributed by atoms with Crippen molar-refractivity contribution in [3.63, 3.8) is 0 Å². The number of hydrogen-bond acceptors (Lipinski definition) is 6. The fourth-order valence-electron chi connectivity index (χ4n) is 10.2. The number of sulfonamides is 1. The van der Waals surface area contributed by atoms with Crippen molar-refractivity contribution >= 4 is 27.1 Å². The molecule has 8 atom stereocenters. The van der Waals surface area contributed by atoms with Gasteiger partial charge in [0.25, 0.3) is 0 Å². The lowest BCUT2D eigenvalue weighted by molar-refractivity contribution is -0.173. The number of thiophene rings is 1. The predicted octanol–water partition coefficient (Wildman–Crippen LogP) is 5.50. The van der Waals surface area contributed by atoms with Gasteiger partial charge in [-0.05, 0) is 87.7 Å². The van der Waals surface area contributed by atoms with Crippen molar-refractivity contribution in [2.24, 2.45) is 33.5 Å². The summed E-state index contributed by atoms with van der Waals surface area (Å²) in [4.78, 5) is 16.3. The Labute approximate surface area is 243 Å². The first kappa shape index (κ1) is 28.8. The van der Waals surface area contributed by atoms with Crippen LogP contribution < -0.4 is 0 Å². The number of aliphatic hydroxyl groups is 2. The molecule has 2 bridgehead atoms. The van der Waals surface area contributed by atoms with Crippen molar-refractivity contribution in [1.29, 1.82) is 0 Å². The minimum Gasteiger partial charge on any atom is -0.393 e. The van der Waals surface area contributed by atoms with Gasteiger partial charge in [-0.2, -0.15) is 4.31 Å². The van der Waals surface area contributed by atoms with Gasteiger partial charge in [-0.3, -0.25) is 4.79 Å². The summed E-state index contributed by atoms with van der Waals surface area (Å²) in [5, 5.41) is 23.3. The Morgan fingerprint density at radius 1 is 1.07 bits per heavy atom. The first-order valence-corrected chi connectivity index (χ1v) is 17.7. The van der Waals surface area contributed by atoms with Gasteiger partial charge in [0.05, 0.1) is 22.8 Å². The Balaban J connectivity index is 1.50. The van der Waals surface area contributed by atoms with E-state index in [9.17, 15) is 23.4 Å². The topological polar surface area (TPSA) is 94.9 Å². The Kier molecular flexibility index (Phi) is 6.54. The molecule has 6 aliphatic carbocycles. The van der Waals surface area contributed by atoms with E-state index in [-0.39, 0.29) is 41.1 Å². The van der Waals surface area contributed by atoms with E-state index in [4.69, 9.17) is 0 Å². The number of Topliss-reactive ketones (excluding diaryl/α,β-unsaturated/α-hetero) is 1. The van der Waals surface area contributed by atoms with Gasteiger partial charge in [-0.15, -0.1) is 11.3 Å². The second-order valence-corrected chi connectivity index (χ2v) is 17.4. The van der Waals surface area contributed by atoms with Gasteiger partial charge >= 0.3 is 0 Å². The first-order valence-electron chi connectivity index (χ1n) is 15.1. The molecule has 8 heteroatoms. The molecule has 8 unspecified atom stereocenters. The molecule has 220 valence electrons. The SMILES string of the molecule is CCCN(CC1(O)CCC2C34C=CC5(C=C3C(=O)c3ccc(C)s3)CC(O)CCC5(C)C4CCC21C)S(C)(=O)=O. The largest absolute Gasteiger partial charge is 0.393 e. The Morgan fingerprint density at radius 3 is 2.40 bits per heavy atom. The normalized spacial score (nSPS) is 43.8. The summed E-state index contributed by atoms with van der Waals surface area (Å²) in [5.74, 6) is 0.322. The van der Waals surface area contributed by atoms with Crippen molar-refractivity contribution in [1.82, 2.24) is 4.31 Å². The number of aryl methyl sites for hydroxylation is 1. The number of fused-ring (bicyclic) bond motifs is 1.